The number of hydrogen-bond donors (Lipinski definition) is 2. The molecule has 0 spiro atoms. The van der Waals surface area contributed by atoms with Gasteiger partial charge in [-0.2, -0.15) is 0 Å². The summed E-state index contributed by atoms with van der Waals surface area (Å²) in [6.45, 7) is 0.179. The number of urea groups is 1. The van der Waals surface area contributed by atoms with Gasteiger partial charge in [-0.3, -0.25) is 14.5 Å². The third-order valence-corrected chi connectivity index (χ3v) is 7.87. The molecule has 1 fully saturated rings. The Morgan fingerprint density at radius 1 is 1.00 bits per heavy atom. The fourth-order valence-electron chi connectivity index (χ4n) is 5.97. The SMILES string of the molecule is COc1ccc([C@H]2c3[nH]c4ccccc4c3C[C@H]3C(=O)N(c4ccccc4C(=O)NCc4ccco4)C(=O)N23)cc1. The van der Waals surface area contributed by atoms with Gasteiger partial charge in [0.25, 0.3) is 11.8 Å². The van der Waals surface area contributed by atoms with Crippen LogP contribution < -0.4 is 15.0 Å². The van der Waals surface area contributed by atoms with Gasteiger partial charge in [-0.15, -0.1) is 0 Å². The Morgan fingerprint density at radius 3 is 2.56 bits per heavy atom. The van der Waals surface area contributed by atoms with Crippen molar-refractivity contribution in [3.8, 4) is 5.75 Å². The molecular weight excluding hydrogens is 520 g/mol. The fraction of sp³-hybridized carbons (Fsp3) is 0.156. The molecular formula is C32H26N4O5. The minimum Gasteiger partial charge on any atom is -0.497 e. The molecule has 0 aliphatic carbocycles. The molecule has 2 aliphatic rings. The molecule has 2 atom stereocenters. The summed E-state index contributed by atoms with van der Waals surface area (Å²) in [7, 11) is 1.60. The molecule has 0 unspecified atom stereocenters. The molecule has 9 nitrogen and oxygen atoms in total. The predicted octanol–water partition coefficient (Wildman–Crippen LogP) is 5.18. The number of methoxy groups -OCH3 is 1. The van der Waals surface area contributed by atoms with Gasteiger partial charge in [0.05, 0.1) is 31.2 Å². The van der Waals surface area contributed by atoms with Gasteiger partial charge in [0.15, 0.2) is 0 Å². The molecule has 204 valence electrons. The Morgan fingerprint density at radius 2 is 1.78 bits per heavy atom. The third-order valence-electron chi connectivity index (χ3n) is 7.87. The van der Waals surface area contributed by atoms with Gasteiger partial charge in [-0.25, -0.2) is 9.69 Å². The maximum Gasteiger partial charge on any atom is 0.332 e. The van der Waals surface area contributed by atoms with E-state index >= 15 is 0 Å². The Hall–Kier alpha value is -5.31. The number of aromatic nitrogens is 1. The van der Waals surface area contributed by atoms with Crippen LogP contribution >= 0.6 is 0 Å². The maximum atomic E-state index is 14.2. The van der Waals surface area contributed by atoms with Gasteiger partial charge >= 0.3 is 6.03 Å². The molecule has 7 rings (SSSR count). The second kappa shape index (κ2) is 9.71. The molecule has 0 bridgehead atoms. The van der Waals surface area contributed by atoms with E-state index < -0.39 is 24.0 Å². The van der Waals surface area contributed by atoms with Crippen LogP contribution in [0, 0.1) is 0 Å². The van der Waals surface area contributed by atoms with Crippen LogP contribution in [-0.4, -0.2) is 40.9 Å². The summed E-state index contributed by atoms with van der Waals surface area (Å²) in [5.74, 6) is 0.510. The van der Waals surface area contributed by atoms with E-state index in [1.807, 2.05) is 48.5 Å². The molecule has 0 saturated carbocycles. The lowest BCUT2D eigenvalue weighted by atomic mass is 9.89. The molecule has 41 heavy (non-hydrogen) atoms. The van der Waals surface area contributed by atoms with Crippen LogP contribution in [-0.2, 0) is 17.8 Å². The first-order valence-corrected chi connectivity index (χ1v) is 13.3. The van der Waals surface area contributed by atoms with Gasteiger partial charge in [0.1, 0.15) is 23.6 Å². The summed E-state index contributed by atoms with van der Waals surface area (Å²) in [6, 6.07) is 23.9. The summed E-state index contributed by atoms with van der Waals surface area (Å²) in [6.07, 6.45) is 1.89. The average molecular weight is 547 g/mol. The number of imide groups is 1. The van der Waals surface area contributed by atoms with Crippen molar-refractivity contribution in [3.63, 3.8) is 0 Å². The number of benzene rings is 3. The van der Waals surface area contributed by atoms with Gasteiger partial charge in [0.2, 0.25) is 0 Å². The molecule has 4 heterocycles. The highest BCUT2D eigenvalue weighted by molar-refractivity contribution is 6.24. The number of fused-ring (bicyclic) bond motifs is 4. The number of furan rings is 1. The van der Waals surface area contributed by atoms with E-state index in [-0.39, 0.29) is 23.7 Å². The second-order valence-electron chi connectivity index (χ2n) is 10.1. The van der Waals surface area contributed by atoms with Gasteiger partial charge in [0, 0.05) is 23.0 Å². The Balaban J connectivity index is 1.30. The predicted molar refractivity (Wildman–Crippen MR) is 152 cm³/mol. The molecule has 1 saturated heterocycles. The van der Waals surface area contributed by atoms with E-state index in [0.29, 0.717) is 17.9 Å². The summed E-state index contributed by atoms with van der Waals surface area (Å²) in [5.41, 5.74) is 4.15. The zero-order valence-corrected chi connectivity index (χ0v) is 22.2. The molecule has 5 aromatic rings. The number of aromatic amines is 1. The number of carbonyl (C=O) groups excluding carboxylic acids is 3. The van der Waals surface area contributed by atoms with Crippen molar-refractivity contribution in [1.29, 1.82) is 0 Å². The quantitative estimate of drug-likeness (QED) is 0.285. The molecule has 9 heteroatoms. The standard InChI is InChI=1S/C32H26N4O5/c1-40-20-14-12-19(13-15-20)29-28-24(22-8-2-4-10-25(22)34-28)17-27-31(38)36(32(39)35(27)29)26-11-5-3-9-23(26)30(37)33-18-21-7-6-16-41-21/h2-16,27,29,34H,17-18H2,1H3,(H,33,37)/t27-,29-/m0/s1. The number of hydrogen-bond acceptors (Lipinski definition) is 5. The number of ether oxygens (including phenoxy) is 1. The monoisotopic (exact) mass is 546 g/mol. The van der Waals surface area contributed by atoms with Gasteiger partial charge in [-0.05, 0) is 53.6 Å². The first kappa shape index (κ1) is 24.7. The minimum atomic E-state index is -0.736. The highest BCUT2D eigenvalue weighted by Gasteiger charge is 2.53. The number of nitrogens with zero attached hydrogens (tertiary/aromatic N) is 2. The number of nitrogens with one attached hydrogen (secondary N) is 2. The zero-order chi connectivity index (χ0) is 28.1. The Bertz CT molecular complexity index is 1790. The van der Waals surface area contributed by atoms with Crippen molar-refractivity contribution >= 4 is 34.4 Å². The van der Waals surface area contributed by atoms with Crippen LogP contribution in [0.15, 0.2) is 95.6 Å². The lowest BCUT2D eigenvalue weighted by Crippen LogP contribution is -2.44. The molecule has 2 N–H and O–H groups in total. The molecule has 0 radical (unpaired) electrons. The smallest absolute Gasteiger partial charge is 0.332 e. The highest BCUT2D eigenvalue weighted by Crippen LogP contribution is 2.45. The number of amides is 4. The van der Waals surface area contributed by atoms with Crippen molar-refractivity contribution in [2.24, 2.45) is 0 Å². The van der Waals surface area contributed by atoms with E-state index in [1.165, 1.54) is 6.26 Å². The first-order chi connectivity index (χ1) is 20.0. The van der Waals surface area contributed by atoms with Crippen molar-refractivity contribution < 1.29 is 23.5 Å². The third kappa shape index (κ3) is 3.97. The Labute approximate surface area is 235 Å². The number of carbonyl (C=O) groups is 3. The summed E-state index contributed by atoms with van der Waals surface area (Å²) < 4.78 is 10.7. The number of anilines is 1. The van der Waals surface area contributed by atoms with Crippen LogP contribution in [0.5, 0.6) is 5.75 Å². The zero-order valence-electron chi connectivity index (χ0n) is 22.2. The maximum absolute atomic E-state index is 14.2. The summed E-state index contributed by atoms with van der Waals surface area (Å²) in [5, 5.41) is 3.85. The number of para-hydroxylation sites is 2. The van der Waals surface area contributed by atoms with E-state index in [0.717, 1.165) is 32.6 Å². The van der Waals surface area contributed by atoms with Crippen molar-refractivity contribution in [2.75, 3.05) is 12.0 Å². The normalized spacial score (nSPS) is 18.0. The van der Waals surface area contributed by atoms with E-state index in [4.69, 9.17) is 9.15 Å². The van der Waals surface area contributed by atoms with Gasteiger partial charge < -0.3 is 19.5 Å². The van der Waals surface area contributed by atoms with E-state index in [9.17, 15) is 14.4 Å². The van der Waals surface area contributed by atoms with Crippen LogP contribution in [0.25, 0.3) is 10.9 Å². The lowest BCUT2D eigenvalue weighted by molar-refractivity contribution is -0.120. The summed E-state index contributed by atoms with van der Waals surface area (Å²) >= 11 is 0. The van der Waals surface area contributed by atoms with Crippen molar-refractivity contribution in [2.45, 2.75) is 25.0 Å². The van der Waals surface area contributed by atoms with Gasteiger partial charge in [-0.1, -0.05) is 42.5 Å². The van der Waals surface area contributed by atoms with Crippen molar-refractivity contribution in [3.05, 3.63) is 119 Å². The van der Waals surface area contributed by atoms with Crippen LogP contribution in [0.3, 0.4) is 0 Å². The average Bonchev–Trinajstić information content (AvgIpc) is 3.72. The minimum absolute atomic E-state index is 0.179. The number of rotatable bonds is 6. The first-order valence-electron chi connectivity index (χ1n) is 13.3. The van der Waals surface area contributed by atoms with E-state index in [2.05, 4.69) is 10.3 Å². The van der Waals surface area contributed by atoms with Crippen molar-refractivity contribution in [1.82, 2.24) is 15.2 Å². The largest absolute Gasteiger partial charge is 0.497 e. The summed E-state index contributed by atoms with van der Waals surface area (Å²) in [4.78, 5) is 47.9. The molecule has 4 amide bonds. The lowest BCUT2D eigenvalue weighted by Gasteiger charge is -2.36. The van der Waals surface area contributed by atoms with Crippen LogP contribution in [0.4, 0.5) is 10.5 Å². The van der Waals surface area contributed by atoms with Crippen LogP contribution in [0.1, 0.15) is 39.0 Å². The highest BCUT2D eigenvalue weighted by atomic mass is 16.5. The number of H-pyrrole nitrogens is 1. The molecule has 2 aliphatic heterocycles. The Kier molecular flexibility index (Phi) is 5.85. The molecule has 3 aromatic carbocycles. The topological polar surface area (TPSA) is 108 Å². The van der Waals surface area contributed by atoms with Crippen LogP contribution in [0.2, 0.25) is 0 Å². The second-order valence-corrected chi connectivity index (χ2v) is 10.1. The fourth-order valence-corrected chi connectivity index (χ4v) is 5.97. The van der Waals surface area contributed by atoms with E-state index in [1.54, 1.807) is 48.4 Å². The molecule has 2 aromatic heterocycles.